The highest BCUT2D eigenvalue weighted by Crippen LogP contribution is 2.35. The number of H-pyrrole nitrogens is 1. The van der Waals surface area contributed by atoms with Crippen LogP contribution in [0.15, 0.2) is 73.2 Å². The summed E-state index contributed by atoms with van der Waals surface area (Å²) in [5, 5.41) is 3.21. The number of anilines is 5. The third-order valence-electron chi connectivity index (χ3n) is 8.81. The number of fused-ring (bicyclic) bond motifs is 1. The molecule has 13 heteroatoms. The Morgan fingerprint density at radius 2 is 1.77 bits per heavy atom. The van der Waals surface area contributed by atoms with Gasteiger partial charge in [-0.3, -0.25) is 14.6 Å². The molecule has 5 aromatic rings. The van der Waals surface area contributed by atoms with Crippen LogP contribution in [0.25, 0.3) is 22.6 Å². The number of ether oxygens (including phenoxy) is 1. The minimum atomic E-state index is -0.197. The third-order valence-corrected chi connectivity index (χ3v) is 8.81. The lowest BCUT2D eigenvalue weighted by Crippen LogP contribution is -2.48. The average Bonchev–Trinajstić information content (AvgIpc) is 3.61. The summed E-state index contributed by atoms with van der Waals surface area (Å²) >= 11 is 0. The molecule has 1 saturated heterocycles. The Hall–Kier alpha value is -5.98. The van der Waals surface area contributed by atoms with E-state index in [9.17, 15) is 9.59 Å². The van der Waals surface area contributed by atoms with Crippen LogP contribution in [-0.2, 0) is 11.3 Å². The number of carbonyl (C=O) groups is 2. The molecule has 0 saturated carbocycles. The van der Waals surface area contributed by atoms with Crippen LogP contribution >= 0.6 is 0 Å². The number of imidazole rings is 1. The van der Waals surface area contributed by atoms with Gasteiger partial charge in [-0.15, -0.1) is 0 Å². The van der Waals surface area contributed by atoms with Gasteiger partial charge in [-0.25, -0.2) is 19.7 Å². The van der Waals surface area contributed by atoms with E-state index in [0.717, 1.165) is 64.0 Å². The Kier molecular flexibility index (Phi) is 8.09. The monoisotopic (exact) mass is 644 g/mol. The molecule has 244 valence electrons. The van der Waals surface area contributed by atoms with Crippen molar-refractivity contribution in [2.45, 2.75) is 20.4 Å². The lowest BCUT2D eigenvalue weighted by Gasteiger charge is -2.35. The van der Waals surface area contributed by atoms with E-state index in [-0.39, 0.29) is 11.9 Å². The molecular weight excluding hydrogens is 608 g/mol. The van der Waals surface area contributed by atoms with Crippen LogP contribution in [0, 0.1) is 6.92 Å². The first-order valence-electron chi connectivity index (χ1n) is 15.7. The van der Waals surface area contributed by atoms with Gasteiger partial charge in [0.2, 0.25) is 11.9 Å². The molecule has 2 aliphatic heterocycles. The summed E-state index contributed by atoms with van der Waals surface area (Å²) in [6.45, 7) is 6.75. The first kappa shape index (κ1) is 30.7. The van der Waals surface area contributed by atoms with E-state index in [4.69, 9.17) is 9.72 Å². The van der Waals surface area contributed by atoms with Gasteiger partial charge in [0, 0.05) is 68.7 Å². The molecule has 13 nitrogen and oxygen atoms in total. The second kappa shape index (κ2) is 12.7. The summed E-state index contributed by atoms with van der Waals surface area (Å²) in [5.41, 5.74) is 5.89. The SMILES string of the molecule is COc1ccccc1-c1cnc(-c2ccc(C)c(N3Cc4cnc(Nc5ccc(N6CCN(C(C)=O)CC6)nc5)nc4N(C)C3=O)c2)[nH]1. The number of methoxy groups -OCH3 is 1. The van der Waals surface area contributed by atoms with E-state index < -0.39 is 0 Å². The predicted octanol–water partition coefficient (Wildman–Crippen LogP) is 5.23. The lowest BCUT2D eigenvalue weighted by molar-refractivity contribution is -0.129. The number of nitrogens with zero attached hydrogens (tertiary/aromatic N) is 8. The Balaban J connectivity index is 1.07. The van der Waals surface area contributed by atoms with Crippen LogP contribution in [0.4, 0.5) is 33.8 Å². The summed E-state index contributed by atoms with van der Waals surface area (Å²) in [6, 6.07) is 17.4. The molecule has 2 aromatic carbocycles. The number of aryl methyl sites for hydroxylation is 1. The zero-order chi connectivity index (χ0) is 33.4. The highest BCUT2D eigenvalue weighted by molar-refractivity contribution is 6.05. The molecule has 2 N–H and O–H groups in total. The zero-order valence-corrected chi connectivity index (χ0v) is 27.3. The maximum atomic E-state index is 13.8. The Bertz CT molecular complexity index is 1990. The first-order chi connectivity index (χ1) is 23.3. The fourth-order valence-electron chi connectivity index (χ4n) is 6.10. The van der Waals surface area contributed by atoms with Gasteiger partial charge in [-0.2, -0.15) is 4.98 Å². The van der Waals surface area contributed by atoms with Gasteiger partial charge in [0.25, 0.3) is 0 Å². The van der Waals surface area contributed by atoms with Crippen molar-refractivity contribution in [3.05, 3.63) is 84.3 Å². The van der Waals surface area contributed by atoms with Crippen LogP contribution < -0.4 is 24.8 Å². The van der Waals surface area contributed by atoms with Crippen molar-refractivity contribution in [3.8, 4) is 28.4 Å². The van der Waals surface area contributed by atoms with E-state index in [1.165, 1.54) is 0 Å². The topological polar surface area (TPSA) is 136 Å². The molecule has 3 aromatic heterocycles. The second-order valence-corrected chi connectivity index (χ2v) is 11.8. The van der Waals surface area contributed by atoms with Crippen LogP contribution in [0.1, 0.15) is 18.1 Å². The average molecular weight is 645 g/mol. The first-order valence-corrected chi connectivity index (χ1v) is 15.7. The highest BCUT2D eigenvalue weighted by Gasteiger charge is 2.32. The van der Waals surface area contributed by atoms with Gasteiger partial charge < -0.3 is 24.8 Å². The molecule has 0 radical (unpaired) electrons. The quantitative estimate of drug-likeness (QED) is 0.244. The molecule has 0 spiro atoms. The standard InChI is InChI=1S/C35H36N10O3/c1-22-9-10-24(32-37-20-28(40-32)27-7-5-6-8-30(27)48-4)17-29(22)45-21-25-18-38-34(41-33(25)42(3)35(45)47)39-26-11-12-31(36-19-26)44-15-13-43(14-16-44)23(2)46/h5-12,17-20H,13-16,21H2,1-4H3,(H,37,40)(H,38,39,41). The second-order valence-electron chi connectivity index (χ2n) is 11.8. The summed E-state index contributed by atoms with van der Waals surface area (Å²) < 4.78 is 5.53. The number of carbonyl (C=O) groups excluding carboxylic acids is 2. The number of para-hydroxylation sites is 1. The Morgan fingerprint density at radius 1 is 0.958 bits per heavy atom. The lowest BCUT2D eigenvalue weighted by atomic mass is 10.1. The van der Waals surface area contributed by atoms with Crippen molar-refractivity contribution >= 4 is 40.9 Å². The number of aromatic nitrogens is 5. The minimum Gasteiger partial charge on any atom is -0.496 e. The number of hydrogen-bond acceptors (Lipinski definition) is 9. The predicted molar refractivity (Wildman–Crippen MR) is 185 cm³/mol. The number of piperazine rings is 1. The van der Waals surface area contributed by atoms with E-state index in [0.29, 0.717) is 37.2 Å². The number of pyridine rings is 1. The molecule has 5 heterocycles. The largest absolute Gasteiger partial charge is 0.496 e. The molecule has 0 unspecified atom stereocenters. The van der Waals surface area contributed by atoms with E-state index in [1.807, 2.05) is 66.4 Å². The fourth-order valence-corrected chi connectivity index (χ4v) is 6.10. The van der Waals surface area contributed by atoms with Gasteiger partial charge in [0.05, 0.1) is 37.4 Å². The third kappa shape index (κ3) is 5.85. The molecular formula is C35H36N10O3. The Labute approximate surface area is 278 Å². The number of urea groups is 1. The number of nitrogens with one attached hydrogen (secondary N) is 2. The van der Waals surface area contributed by atoms with Gasteiger partial charge in [-0.1, -0.05) is 24.3 Å². The van der Waals surface area contributed by atoms with Gasteiger partial charge in [0.1, 0.15) is 23.2 Å². The van der Waals surface area contributed by atoms with Gasteiger partial charge >= 0.3 is 6.03 Å². The van der Waals surface area contributed by atoms with Gasteiger partial charge in [-0.05, 0) is 42.8 Å². The molecule has 7 rings (SSSR count). The van der Waals surface area contributed by atoms with Crippen molar-refractivity contribution in [1.82, 2.24) is 29.8 Å². The molecule has 0 atom stereocenters. The summed E-state index contributed by atoms with van der Waals surface area (Å²) in [6.07, 6.45) is 5.28. The molecule has 0 bridgehead atoms. The molecule has 0 aliphatic carbocycles. The number of aromatic amines is 1. The Morgan fingerprint density at radius 3 is 2.52 bits per heavy atom. The van der Waals surface area contributed by atoms with Crippen molar-refractivity contribution in [1.29, 1.82) is 0 Å². The van der Waals surface area contributed by atoms with Crippen LogP contribution in [0.3, 0.4) is 0 Å². The number of rotatable bonds is 7. The van der Waals surface area contributed by atoms with Crippen LogP contribution in [0.5, 0.6) is 5.75 Å². The smallest absolute Gasteiger partial charge is 0.330 e. The molecule has 2 aliphatic rings. The van der Waals surface area contributed by atoms with Crippen molar-refractivity contribution < 1.29 is 14.3 Å². The van der Waals surface area contributed by atoms with Crippen LogP contribution in [0.2, 0.25) is 0 Å². The number of benzene rings is 2. The van der Waals surface area contributed by atoms with Crippen molar-refractivity contribution in [3.63, 3.8) is 0 Å². The normalized spacial score (nSPS) is 14.6. The van der Waals surface area contributed by atoms with Crippen LogP contribution in [-0.4, -0.2) is 82.1 Å². The summed E-state index contributed by atoms with van der Waals surface area (Å²) in [5.74, 6) is 3.30. The van der Waals surface area contributed by atoms with Crippen molar-refractivity contribution in [2.75, 3.05) is 60.4 Å². The van der Waals surface area contributed by atoms with Gasteiger partial charge in [0.15, 0.2) is 0 Å². The van der Waals surface area contributed by atoms with E-state index in [1.54, 1.807) is 49.5 Å². The van der Waals surface area contributed by atoms with E-state index in [2.05, 4.69) is 30.2 Å². The zero-order valence-electron chi connectivity index (χ0n) is 27.3. The number of amides is 3. The summed E-state index contributed by atoms with van der Waals surface area (Å²) in [7, 11) is 3.37. The minimum absolute atomic E-state index is 0.0985. The number of hydrogen-bond donors (Lipinski definition) is 2. The summed E-state index contributed by atoms with van der Waals surface area (Å²) in [4.78, 5) is 54.6. The molecule has 1 fully saturated rings. The van der Waals surface area contributed by atoms with E-state index >= 15 is 0 Å². The fraction of sp³-hybridized carbons (Fsp3) is 0.257. The van der Waals surface area contributed by atoms with Crippen molar-refractivity contribution in [2.24, 2.45) is 0 Å². The molecule has 3 amide bonds. The molecule has 48 heavy (non-hydrogen) atoms. The maximum absolute atomic E-state index is 13.8. The highest BCUT2D eigenvalue weighted by atomic mass is 16.5. The maximum Gasteiger partial charge on any atom is 0.330 e.